The van der Waals surface area contributed by atoms with Crippen LogP contribution in [-0.4, -0.2) is 58.2 Å². The number of nitrogens with zero attached hydrogens (tertiary/aromatic N) is 3. The maximum atomic E-state index is 12.7. The fourth-order valence-corrected chi connectivity index (χ4v) is 3.49. The Bertz CT molecular complexity index is 1070. The lowest BCUT2D eigenvalue weighted by molar-refractivity contribution is -0.159. The normalized spacial score (nSPS) is 17.5. The second-order valence-electron chi connectivity index (χ2n) is 9.42. The van der Waals surface area contributed by atoms with Crippen molar-refractivity contribution in [2.45, 2.75) is 64.7 Å². The van der Waals surface area contributed by atoms with Gasteiger partial charge in [-0.15, -0.1) is 0 Å². The summed E-state index contributed by atoms with van der Waals surface area (Å²) in [4.78, 5) is 42.1. The summed E-state index contributed by atoms with van der Waals surface area (Å²) in [6, 6.07) is 11.2. The van der Waals surface area contributed by atoms with E-state index in [1.165, 1.54) is 16.8 Å². The van der Waals surface area contributed by atoms with Crippen molar-refractivity contribution >= 4 is 17.9 Å². The van der Waals surface area contributed by atoms with Gasteiger partial charge in [-0.2, -0.15) is 4.98 Å². The number of nitrogen functional groups attached to an aromatic ring is 1. The lowest BCUT2D eigenvalue weighted by Gasteiger charge is -2.27. The van der Waals surface area contributed by atoms with Gasteiger partial charge in [-0.05, 0) is 45.2 Å². The van der Waals surface area contributed by atoms with E-state index in [9.17, 15) is 14.4 Å². The Balaban J connectivity index is 1.39. The lowest BCUT2D eigenvalue weighted by Crippen LogP contribution is -2.37. The number of hydrogen-bond donors (Lipinski definition) is 1. The summed E-state index contributed by atoms with van der Waals surface area (Å²) in [5.41, 5.74) is 5.34. The molecule has 0 bridgehead atoms. The van der Waals surface area contributed by atoms with Gasteiger partial charge in [0.1, 0.15) is 18.0 Å². The first-order valence-electron chi connectivity index (χ1n) is 11.9. The molecule has 0 saturated carbocycles. The van der Waals surface area contributed by atoms with Gasteiger partial charge in [0.2, 0.25) is 0 Å². The maximum absolute atomic E-state index is 12.7. The van der Waals surface area contributed by atoms with E-state index in [-0.39, 0.29) is 25.5 Å². The van der Waals surface area contributed by atoms with Crippen molar-refractivity contribution in [2.24, 2.45) is 0 Å². The van der Waals surface area contributed by atoms with Crippen molar-refractivity contribution in [3.05, 3.63) is 58.6 Å². The predicted molar refractivity (Wildman–Crippen MR) is 131 cm³/mol. The summed E-state index contributed by atoms with van der Waals surface area (Å²) < 4.78 is 23.1. The Labute approximate surface area is 210 Å². The van der Waals surface area contributed by atoms with Crippen molar-refractivity contribution < 1.29 is 28.5 Å². The zero-order valence-electron chi connectivity index (χ0n) is 20.9. The molecule has 2 atom stereocenters. The third kappa shape index (κ3) is 8.65. The highest BCUT2D eigenvalue weighted by molar-refractivity contribution is 5.69. The minimum absolute atomic E-state index is 0.0927. The van der Waals surface area contributed by atoms with Crippen molar-refractivity contribution in [1.82, 2.24) is 14.5 Å². The molecule has 2 N–H and O–H groups in total. The van der Waals surface area contributed by atoms with Gasteiger partial charge >= 0.3 is 17.8 Å². The Kier molecular flexibility index (Phi) is 9.43. The van der Waals surface area contributed by atoms with Crippen LogP contribution in [0.5, 0.6) is 0 Å². The van der Waals surface area contributed by atoms with E-state index < -0.39 is 35.9 Å². The molecular weight excluding hydrogens is 468 g/mol. The molecule has 3 rings (SSSR count). The summed E-state index contributed by atoms with van der Waals surface area (Å²) in [7, 11) is 0. The number of aromatic nitrogens is 2. The minimum atomic E-state index is -0.781. The number of benzene rings is 1. The number of amides is 1. The van der Waals surface area contributed by atoms with E-state index in [0.717, 1.165) is 5.56 Å². The average molecular weight is 503 g/mol. The number of hydrogen-bond acceptors (Lipinski definition) is 9. The van der Waals surface area contributed by atoms with Crippen molar-refractivity contribution in [1.29, 1.82) is 0 Å². The molecular formula is C25H34N4O7. The van der Waals surface area contributed by atoms with Crippen molar-refractivity contribution in [3.63, 3.8) is 0 Å². The average Bonchev–Trinajstić information content (AvgIpc) is 3.28. The van der Waals surface area contributed by atoms with Gasteiger partial charge in [0.15, 0.2) is 12.5 Å². The van der Waals surface area contributed by atoms with Gasteiger partial charge in [0.25, 0.3) is 0 Å². The highest BCUT2D eigenvalue weighted by Crippen LogP contribution is 2.20. The van der Waals surface area contributed by atoms with Crippen LogP contribution in [0.25, 0.3) is 0 Å². The first-order chi connectivity index (χ1) is 17.1. The molecule has 2 heterocycles. The van der Waals surface area contributed by atoms with E-state index in [1.54, 1.807) is 4.90 Å². The summed E-state index contributed by atoms with van der Waals surface area (Å²) in [6.07, 6.45) is 0.960. The number of carbonyl (C=O) groups is 2. The number of nitrogens with two attached hydrogens (primary N) is 1. The molecule has 1 aliphatic rings. The van der Waals surface area contributed by atoms with Gasteiger partial charge < -0.3 is 29.6 Å². The first-order valence-corrected chi connectivity index (χ1v) is 11.9. The van der Waals surface area contributed by atoms with Crippen LogP contribution in [-0.2, 0) is 30.3 Å². The molecule has 1 amide bonds. The molecule has 196 valence electrons. The number of anilines is 1. The number of ether oxygens (including phenoxy) is 4. The standard InChI is InChI=1S/C25H34N4O7/c1-25(2,3)36-24(32)28(15-18-9-5-4-6-10-18)13-8-7-11-21(30)33-17-22-34-16-20(35-22)29-14-12-19(26)27-23(29)31/h4-6,9-10,12,14,20,22H,7-8,11,13,15-17H2,1-3H3,(H2,26,27,31)/t20-,22-/m0/s1. The van der Waals surface area contributed by atoms with E-state index in [2.05, 4.69) is 4.98 Å². The SMILES string of the molecule is CC(C)(C)OC(=O)N(CCCCC(=O)OC[C@H]1OC[C@@H](n2ccc(N)nc2=O)O1)Cc1ccccc1. The van der Waals surface area contributed by atoms with E-state index in [4.69, 9.17) is 24.7 Å². The quantitative estimate of drug-likeness (QED) is 0.384. The summed E-state index contributed by atoms with van der Waals surface area (Å²) in [5.74, 6) is -0.279. The number of carbonyl (C=O) groups excluding carboxylic acids is 2. The molecule has 36 heavy (non-hydrogen) atoms. The molecule has 0 radical (unpaired) electrons. The van der Waals surface area contributed by atoms with Gasteiger partial charge in [0, 0.05) is 25.7 Å². The zero-order chi connectivity index (χ0) is 26.1. The first kappa shape index (κ1) is 27.2. The van der Waals surface area contributed by atoms with Crippen LogP contribution in [0.1, 0.15) is 51.8 Å². The fraction of sp³-hybridized carbons (Fsp3) is 0.520. The Morgan fingerprint density at radius 2 is 1.94 bits per heavy atom. The molecule has 0 spiro atoms. The molecule has 1 aromatic carbocycles. The van der Waals surface area contributed by atoms with Crippen LogP contribution in [0.15, 0.2) is 47.4 Å². The summed E-state index contributed by atoms with van der Waals surface area (Å²) in [5, 5.41) is 0. The van der Waals surface area contributed by atoms with Crippen LogP contribution in [0.4, 0.5) is 10.6 Å². The molecule has 11 heteroatoms. The smallest absolute Gasteiger partial charge is 0.410 e. The third-order valence-corrected chi connectivity index (χ3v) is 5.20. The van der Waals surface area contributed by atoms with E-state index in [0.29, 0.717) is 25.9 Å². The Morgan fingerprint density at radius 3 is 2.64 bits per heavy atom. The van der Waals surface area contributed by atoms with Crippen molar-refractivity contribution in [3.8, 4) is 0 Å². The highest BCUT2D eigenvalue weighted by Gasteiger charge is 2.29. The molecule has 1 fully saturated rings. The van der Waals surface area contributed by atoms with Crippen LogP contribution >= 0.6 is 0 Å². The van der Waals surface area contributed by atoms with Crippen LogP contribution < -0.4 is 11.4 Å². The van der Waals surface area contributed by atoms with Crippen LogP contribution in [0.2, 0.25) is 0 Å². The van der Waals surface area contributed by atoms with Gasteiger partial charge in [-0.1, -0.05) is 30.3 Å². The molecule has 0 aliphatic carbocycles. The fourth-order valence-electron chi connectivity index (χ4n) is 3.49. The topological polar surface area (TPSA) is 135 Å². The molecule has 1 saturated heterocycles. The molecule has 1 aliphatic heterocycles. The van der Waals surface area contributed by atoms with Crippen LogP contribution in [0.3, 0.4) is 0 Å². The Morgan fingerprint density at radius 1 is 1.19 bits per heavy atom. The largest absolute Gasteiger partial charge is 0.460 e. The number of rotatable bonds is 10. The number of esters is 1. The van der Waals surface area contributed by atoms with Gasteiger partial charge in [-0.3, -0.25) is 9.36 Å². The highest BCUT2D eigenvalue weighted by atomic mass is 16.7. The molecule has 2 aromatic rings. The van der Waals surface area contributed by atoms with E-state index >= 15 is 0 Å². The van der Waals surface area contributed by atoms with Gasteiger partial charge in [0.05, 0.1) is 6.61 Å². The van der Waals surface area contributed by atoms with E-state index in [1.807, 2.05) is 51.1 Å². The Hall–Kier alpha value is -3.44. The van der Waals surface area contributed by atoms with Crippen molar-refractivity contribution in [2.75, 3.05) is 25.5 Å². The summed E-state index contributed by atoms with van der Waals surface area (Å²) in [6.45, 7) is 6.37. The monoisotopic (exact) mass is 502 g/mol. The lowest BCUT2D eigenvalue weighted by atomic mass is 10.2. The predicted octanol–water partition coefficient (Wildman–Crippen LogP) is 2.85. The zero-order valence-corrected chi connectivity index (χ0v) is 20.9. The second-order valence-corrected chi connectivity index (χ2v) is 9.42. The number of unbranched alkanes of at least 4 members (excludes halogenated alkanes) is 1. The van der Waals surface area contributed by atoms with Gasteiger partial charge in [-0.25, -0.2) is 9.59 Å². The molecule has 1 aromatic heterocycles. The minimum Gasteiger partial charge on any atom is -0.460 e. The maximum Gasteiger partial charge on any atom is 0.410 e. The second kappa shape index (κ2) is 12.5. The molecule has 11 nitrogen and oxygen atoms in total. The summed E-state index contributed by atoms with van der Waals surface area (Å²) >= 11 is 0. The molecule has 0 unspecified atom stereocenters. The third-order valence-electron chi connectivity index (χ3n) is 5.20. The van der Waals surface area contributed by atoms with Crippen LogP contribution in [0, 0.1) is 0 Å².